The highest BCUT2D eigenvalue weighted by Crippen LogP contribution is 2.48. The third kappa shape index (κ3) is 5.82. The Morgan fingerprint density at radius 2 is 1.61 bits per heavy atom. The maximum absolute atomic E-state index is 13.0. The first kappa shape index (κ1) is 30.6. The summed E-state index contributed by atoms with van der Waals surface area (Å²) in [7, 11) is -5.82. The molecule has 0 aromatic carbocycles. The number of hydrogen-bond donors (Lipinski definition) is 1. The molecule has 1 unspecified atom stereocenters. The summed E-state index contributed by atoms with van der Waals surface area (Å²) >= 11 is 0. The minimum Gasteiger partial charge on any atom is -0.455 e. The average Bonchev–Trinajstić information content (AvgIpc) is 3.08. The fourth-order valence-electron chi connectivity index (χ4n) is 5.52. The Balaban J connectivity index is 2.13. The van der Waals surface area contributed by atoms with E-state index in [0.717, 1.165) is 0 Å². The molecule has 3 heterocycles. The first-order valence-electron chi connectivity index (χ1n) is 13.4. The molecule has 0 spiro atoms. The highest BCUT2D eigenvalue weighted by atomic mass is 28.5. The van der Waals surface area contributed by atoms with Gasteiger partial charge in [0.25, 0.3) is 0 Å². The molecule has 0 saturated carbocycles. The van der Waals surface area contributed by atoms with Crippen LogP contribution in [0.2, 0.25) is 22.2 Å². The van der Waals surface area contributed by atoms with Crippen molar-refractivity contribution in [2.75, 3.05) is 11.9 Å². The number of aromatic nitrogens is 2. The second-order valence-corrected chi connectivity index (χ2v) is 20.2. The molecule has 2 aliphatic heterocycles. The van der Waals surface area contributed by atoms with Crippen LogP contribution in [0.5, 0.6) is 0 Å². The zero-order valence-corrected chi connectivity index (χ0v) is 26.1. The van der Waals surface area contributed by atoms with Gasteiger partial charge in [-0.05, 0) is 28.2 Å². The van der Waals surface area contributed by atoms with Gasteiger partial charge in [-0.1, -0.05) is 55.4 Å². The van der Waals surface area contributed by atoms with E-state index in [0.29, 0.717) is 0 Å². The predicted octanol–water partition coefficient (Wildman–Crippen LogP) is 3.99. The van der Waals surface area contributed by atoms with Crippen LogP contribution in [0.25, 0.3) is 0 Å². The quantitative estimate of drug-likeness (QED) is 0.383. The highest BCUT2D eigenvalue weighted by Gasteiger charge is 2.62. The largest absolute Gasteiger partial charge is 0.455 e. The number of carbonyl (C=O) groups is 2. The van der Waals surface area contributed by atoms with Gasteiger partial charge in [-0.2, -0.15) is 4.98 Å². The van der Waals surface area contributed by atoms with E-state index in [4.69, 9.17) is 22.4 Å². The lowest BCUT2D eigenvalue weighted by Gasteiger charge is -2.51. The number of carbonyl (C=O) groups excluding carboxylic acids is 2. The van der Waals surface area contributed by atoms with E-state index in [1.807, 2.05) is 0 Å². The predicted molar refractivity (Wildman–Crippen MR) is 146 cm³/mol. The highest BCUT2D eigenvalue weighted by molar-refractivity contribution is 6.84. The minimum atomic E-state index is -3.02. The lowest BCUT2D eigenvalue weighted by Crippen LogP contribution is -2.66. The van der Waals surface area contributed by atoms with Crippen molar-refractivity contribution in [2.24, 2.45) is 0 Å². The Kier molecular flexibility index (Phi) is 9.42. The van der Waals surface area contributed by atoms with Gasteiger partial charge < -0.3 is 27.8 Å². The first-order valence-corrected chi connectivity index (χ1v) is 17.3. The van der Waals surface area contributed by atoms with Crippen LogP contribution >= 0.6 is 0 Å². The van der Waals surface area contributed by atoms with Crippen LogP contribution in [0.15, 0.2) is 17.1 Å². The molecule has 38 heavy (non-hydrogen) atoms. The maximum Gasteiger partial charge on any atom is 0.351 e. The van der Waals surface area contributed by atoms with E-state index in [1.54, 1.807) is 0 Å². The molecule has 0 radical (unpaired) electrons. The smallest absolute Gasteiger partial charge is 0.351 e. The van der Waals surface area contributed by atoms with Gasteiger partial charge in [0.2, 0.25) is 5.91 Å². The van der Waals surface area contributed by atoms with Crippen LogP contribution in [0.3, 0.4) is 0 Å². The fourth-order valence-corrected chi connectivity index (χ4v) is 16.7. The summed E-state index contributed by atoms with van der Waals surface area (Å²) in [4.78, 5) is 40.6. The van der Waals surface area contributed by atoms with Crippen molar-refractivity contribution < 1.29 is 32.0 Å². The molecule has 3 rings (SSSR count). The first-order chi connectivity index (χ1) is 17.6. The molecular formula is C25H43N3O8Si2. The van der Waals surface area contributed by atoms with Crippen LogP contribution in [-0.4, -0.2) is 63.5 Å². The number of esters is 1. The molecule has 2 fully saturated rings. The molecule has 4 atom stereocenters. The van der Waals surface area contributed by atoms with Crippen LogP contribution in [0.4, 0.5) is 5.82 Å². The van der Waals surface area contributed by atoms with Crippen molar-refractivity contribution >= 4 is 34.8 Å². The number of anilines is 1. The van der Waals surface area contributed by atoms with E-state index >= 15 is 0 Å². The maximum atomic E-state index is 13.0. The van der Waals surface area contributed by atoms with Crippen molar-refractivity contribution in [3.63, 3.8) is 0 Å². The van der Waals surface area contributed by atoms with E-state index in [9.17, 15) is 14.4 Å². The fraction of sp³-hybridized carbons (Fsp3) is 0.760. The molecule has 2 aliphatic rings. The Morgan fingerprint density at radius 3 is 2.08 bits per heavy atom. The number of nitrogens with one attached hydrogen (secondary N) is 1. The molecule has 214 valence electrons. The minimum absolute atomic E-state index is 0.0626. The molecule has 1 N–H and O–H groups in total. The number of ether oxygens (including phenoxy) is 2. The van der Waals surface area contributed by atoms with Crippen molar-refractivity contribution in [1.82, 2.24) is 9.55 Å². The number of nitrogens with zero attached hydrogens (tertiary/aromatic N) is 2. The Bertz CT molecular complexity index is 1060. The lowest BCUT2D eigenvalue weighted by atomic mass is 10.1. The summed E-state index contributed by atoms with van der Waals surface area (Å²) in [5, 5.41) is 2.50. The van der Waals surface area contributed by atoms with Gasteiger partial charge in [-0.25, -0.2) is 4.79 Å². The van der Waals surface area contributed by atoms with Gasteiger partial charge in [0.1, 0.15) is 18.0 Å². The summed E-state index contributed by atoms with van der Waals surface area (Å²) in [6.45, 7) is 19.8. The zero-order chi connectivity index (χ0) is 28.6. The van der Waals surface area contributed by atoms with E-state index < -0.39 is 53.3 Å². The van der Waals surface area contributed by atoms with Gasteiger partial charge in [0.05, 0.1) is 6.61 Å². The average molecular weight is 570 g/mol. The summed E-state index contributed by atoms with van der Waals surface area (Å²) in [6.07, 6.45) is -1.79. The molecule has 0 aliphatic carbocycles. The zero-order valence-electron chi connectivity index (χ0n) is 24.1. The molecule has 2 saturated heterocycles. The lowest BCUT2D eigenvalue weighted by molar-refractivity contribution is -0.155. The topological polar surface area (TPSA) is 127 Å². The Hall–Kier alpha value is -1.91. The number of hydrogen-bond acceptors (Lipinski definition) is 9. The summed E-state index contributed by atoms with van der Waals surface area (Å²) in [6, 6.07) is 1.49. The van der Waals surface area contributed by atoms with Gasteiger partial charge in [-0.3, -0.25) is 14.2 Å². The van der Waals surface area contributed by atoms with Crippen LogP contribution in [0.1, 0.15) is 75.5 Å². The van der Waals surface area contributed by atoms with Crippen LogP contribution < -0.4 is 11.0 Å². The van der Waals surface area contributed by atoms with Gasteiger partial charge >= 0.3 is 28.8 Å². The summed E-state index contributed by atoms with van der Waals surface area (Å²) in [5.74, 6) is -0.752. The van der Waals surface area contributed by atoms with Gasteiger partial charge in [0, 0.05) is 20.0 Å². The van der Waals surface area contributed by atoms with E-state index in [-0.39, 0.29) is 40.5 Å². The molecule has 0 bridgehead atoms. The standard InChI is InChI=1S/C25H43N3O8Si2/c1-14(2)37(15(3)4)32-13-20-22(35-38(36-37,16(5)6)17(7)8)23(33-19(10)30)24(34-20)28-12-11-21(26-18(9)29)27-25(28)31/h11-12,14-17,20,22-24H,13H2,1-10H3,(H,26,27,29,31)/t20-,22?,23-,24-/m1/s1. The van der Waals surface area contributed by atoms with Gasteiger partial charge in [-0.15, -0.1) is 0 Å². The SMILES string of the molecule is CC(=O)Nc1ccn([C@@H]2O[C@@H]3CO[Si](C(C)C)(C(C)C)O[Si](C(C)C)(C(C)C)OC3[C@H]2OC(C)=O)c(=O)n1. The van der Waals surface area contributed by atoms with E-state index in [2.05, 4.69) is 65.7 Å². The Morgan fingerprint density at radius 1 is 1.03 bits per heavy atom. The summed E-state index contributed by atoms with van der Waals surface area (Å²) in [5.41, 5.74) is -0.224. The van der Waals surface area contributed by atoms with Crippen molar-refractivity contribution in [3.05, 3.63) is 22.7 Å². The molecule has 11 nitrogen and oxygen atoms in total. The molecule has 1 aromatic rings. The molecule has 1 amide bonds. The second-order valence-electron chi connectivity index (χ2n) is 11.4. The van der Waals surface area contributed by atoms with Gasteiger partial charge in [0.15, 0.2) is 12.3 Å². The number of amides is 1. The molecular weight excluding hydrogens is 526 g/mol. The van der Waals surface area contributed by atoms with Crippen LogP contribution in [-0.2, 0) is 32.0 Å². The van der Waals surface area contributed by atoms with Crippen LogP contribution in [0, 0.1) is 0 Å². The number of rotatable bonds is 7. The third-order valence-electron chi connectivity index (χ3n) is 7.33. The monoisotopic (exact) mass is 569 g/mol. The van der Waals surface area contributed by atoms with Crippen molar-refractivity contribution in [1.29, 1.82) is 0 Å². The van der Waals surface area contributed by atoms with Crippen molar-refractivity contribution in [2.45, 2.75) is 116 Å². The van der Waals surface area contributed by atoms with E-state index in [1.165, 1.54) is 30.7 Å². The third-order valence-corrected chi connectivity index (χ3v) is 17.6. The molecule has 1 aromatic heterocycles. The summed E-state index contributed by atoms with van der Waals surface area (Å²) < 4.78 is 34.4. The molecule has 13 heteroatoms. The second kappa shape index (κ2) is 11.7. The van der Waals surface area contributed by atoms with Crippen molar-refractivity contribution in [3.8, 4) is 0 Å². The Labute approximate surface area is 227 Å². The number of fused-ring (bicyclic) bond motifs is 1. The normalized spacial score (nSPS) is 26.8.